The Morgan fingerprint density at radius 1 is 1.14 bits per heavy atom. The van der Waals surface area contributed by atoms with E-state index in [9.17, 15) is 9.90 Å². The monoisotopic (exact) mass is 471 g/mol. The molecule has 3 heteroatoms. The maximum atomic E-state index is 12.3. The Morgan fingerprint density at radius 3 is 2.60 bits per heavy atom. The lowest BCUT2D eigenvalue weighted by molar-refractivity contribution is -0.114. The minimum atomic E-state index is -0.927. The fourth-order valence-electron chi connectivity index (χ4n) is 8.04. The molecule has 0 spiro atoms. The Labute approximate surface area is 211 Å². The summed E-state index contributed by atoms with van der Waals surface area (Å²) in [5.41, 5.74) is 7.19. The topological polar surface area (TPSA) is 40.5 Å². The molecule has 0 amide bonds. The average Bonchev–Trinajstić information content (AvgIpc) is 3.08. The van der Waals surface area contributed by atoms with Crippen LogP contribution in [0.2, 0.25) is 0 Å². The molecule has 0 bridgehead atoms. The maximum Gasteiger partial charge on any atom is 0.156 e. The van der Waals surface area contributed by atoms with Gasteiger partial charge < -0.3 is 10.0 Å². The number of allylic oxidation sites excluding steroid dienone is 4. The van der Waals surface area contributed by atoms with Crippen LogP contribution in [0.4, 0.5) is 5.69 Å². The Bertz CT molecular complexity index is 1180. The highest BCUT2D eigenvalue weighted by Gasteiger charge is 2.62. The van der Waals surface area contributed by atoms with Gasteiger partial charge in [-0.1, -0.05) is 44.4 Å². The summed E-state index contributed by atoms with van der Waals surface area (Å²) < 4.78 is 0. The summed E-state index contributed by atoms with van der Waals surface area (Å²) in [6.45, 7) is 8.72. The number of aliphatic hydroxyl groups is 1. The number of rotatable bonds is 3. The van der Waals surface area contributed by atoms with E-state index in [2.05, 4.69) is 69.8 Å². The normalized spacial score (nSPS) is 34.0. The van der Waals surface area contributed by atoms with Crippen LogP contribution in [0.1, 0.15) is 95.6 Å². The molecule has 1 aromatic rings. The molecule has 2 saturated carbocycles. The van der Waals surface area contributed by atoms with Crippen molar-refractivity contribution in [1.29, 1.82) is 0 Å². The van der Waals surface area contributed by atoms with E-state index in [1.807, 2.05) is 13.0 Å². The fourth-order valence-corrected chi connectivity index (χ4v) is 8.04. The second-order valence-electron chi connectivity index (χ2n) is 12.1. The van der Waals surface area contributed by atoms with Crippen molar-refractivity contribution in [3.63, 3.8) is 0 Å². The average molecular weight is 472 g/mol. The SMILES string of the molecule is CC#C[C@]1(O)CC[C@H]2[C@@H]3CCC4=CC(=O)CCC4=C3[C@@H](c3ccc(N(C)C)c(C(C)C)c3)C[C@@]21C. The van der Waals surface area contributed by atoms with Gasteiger partial charge in [0.05, 0.1) is 0 Å². The largest absolute Gasteiger partial charge is 0.377 e. The van der Waals surface area contributed by atoms with Gasteiger partial charge in [0.15, 0.2) is 5.78 Å². The lowest BCUT2D eigenvalue weighted by Crippen LogP contribution is -2.51. The molecule has 0 saturated heterocycles. The van der Waals surface area contributed by atoms with Crippen molar-refractivity contribution in [3.05, 3.63) is 52.1 Å². The van der Waals surface area contributed by atoms with E-state index in [1.54, 1.807) is 5.57 Å². The summed E-state index contributed by atoms with van der Waals surface area (Å²) in [6, 6.07) is 7.05. The Hall–Kier alpha value is -2.31. The molecule has 186 valence electrons. The lowest BCUT2D eigenvalue weighted by Gasteiger charge is -2.53. The molecule has 4 aliphatic carbocycles. The molecule has 5 atom stereocenters. The molecule has 0 heterocycles. The molecule has 0 aliphatic heterocycles. The first kappa shape index (κ1) is 24.4. The zero-order valence-electron chi connectivity index (χ0n) is 22.4. The summed E-state index contributed by atoms with van der Waals surface area (Å²) >= 11 is 0. The molecule has 1 N–H and O–H groups in total. The van der Waals surface area contributed by atoms with Crippen LogP contribution < -0.4 is 4.90 Å². The van der Waals surface area contributed by atoms with Crippen molar-refractivity contribution >= 4 is 11.5 Å². The van der Waals surface area contributed by atoms with E-state index in [0.717, 1.165) is 38.5 Å². The second-order valence-corrected chi connectivity index (χ2v) is 12.1. The van der Waals surface area contributed by atoms with Gasteiger partial charge in [-0.3, -0.25) is 4.79 Å². The molecule has 4 aliphatic rings. The van der Waals surface area contributed by atoms with Crippen molar-refractivity contribution in [2.24, 2.45) is 17.3 Å². The highest BCUT2D eigenvalue weighted by atomic mass is 16.3. The van der Waals surface area contributed by atoms with E-state index >= 15 is 0 Å². The molecular weight excluding hydrogens is 430 g/mol. The van der Waals surface area contributed by atoms with Gasteiger partial charge in [-0.05, 0) is 97.6 Å². The van der Waals surface area contributed by atoms with Crippen molar-refractivity contribution in [2.75, 3.05) is 19.0 Å². The molecule has 5 rings (SSSR count). The minimum Gasteiger partial charge on any atom is -0.377 e. The minimum absolute atomic E-state index is 0.237. The molecule has 2 fully saturated rings. The molecule has 0 aromatic heterocycles. The number of benzene rings is 1. The van der Waals surface area contributed by atoms with Crippen LogP contribution in [0.25, 0.3) is 0 Å². The highest BCUT2D eigenvalue weighted by Crippen LogP contribution is 2.66. The number of fused-ring (bicyclic) bond motifs is 4. The number of ketones is 1. The van der Waals surface area contributed by atoms with Gasteiger partial charge in [-0.15, -0.1) is 5.92 Å². The molecule has 1 aromatic carbocycles. The molecule has 35 heavy (non-hydrogen) atoms. The van der Waals surface area contributed by atoms with Crippen LogP contribution in [0.15, 0.2) is 41.0 Å². The zero-order valence-corrected chi connectivity index (χ0v) is 22.4. The quantitative estimate of drug-likeness (QED) is 0.510. The van der Waals surface area contributed by atoms with E-state index in [0.29, 0.717) is 24.2 Å². The number of carbonyl (C=O) groups excluding carboxylic acids is 1. The Kier molecular flexibility index (Phi) is 6.04. The predicted octanol–water partition coefficient (Wildman–Crippen LogP) is 6.53. The Morgan fingerprint density at radius 2 is 1.91 bits per heavy atom. The molecule has 3 nitrogen and oxygen atoms in total. The van der Waals surface area contributed by atoms with E-state index < -0.39 is 5.60 Å². The maximum absolute atomic E-state index is 12.3. The summed E-state index contributed by atoms with van der Waals surface area (Å²) in [6.07, 6.45) is 8.23. The smallest absolute Gasteiger partial charge is 0.156 e. The van der Waals surface area contributed by atoms with Gasteiger partial charge in [0.2, 0.25) is 0 Å². The first-order chi connectivity index (χ1) is 16.6. The van der Waals surface area contributed by atoms with Crippen LogP contribution in [-0.2, 0) is 4.79 Å². The summed E-state index contributed by atoms with van der Waals surface area (Å²) in [7, 11) is 4.24. The first-order valence-electron chi connectivity index (χ1n) is 13.5. The van der Waals surface area contributed by atoms with Crippen LogP contribution >= 0.6 is 0 Å². The zero-order chi connectivity index (χ0) is 25.1. The first-order valence-corrected chi connectivity index (χ1v) is 13.5. The van der Waals surface area contributed by atoms with Gasteiger partial charge >= 0.3 is 0 Å². The van der Waals surface area contributed by atoms with Crippen LogP contribution in [-0.4, -0.2) is 30.6 Å². The molecule has 0 unspecified atom stereocenters. The van der Waals surface area contributed by atoms with E-state index in [-0.39, 0.29) is 17.1 Å². The van der Waals surface area contributed by atoms with Gasteiger partial charge in [-0.2, -0.15) is 0 Å². The van der Waals surface area contributed by atoms with E-state index in [1.165, 1.54) is 28.0 Å². The van der Waals surface area contributed by atoms with Gasteiger partial charge in [0, 0.05) is 37.5 Å². The summed E-state index contributed by atoms with van der Waals surface area (Å²) in [5, 5.41) is 11.9. The Balaban J connectivity index is 1.71. The second kappa shape index (κ2) is 8.67. The standard InChI is InChI=1S/C32H41NO2/c1-7-15-32(35)16-14-28-25-11-8-21-17-23(34)10-12-24(21)30(25)27(19-31(28,32)4)22-9-13-29(33(5)6)26(18-22)20(2)3/h9,13,17-18,20,25,27-28,35H,8,10-12,14,16,19H2,1-6H3/t25-,27+,28-,31-,32-/m0/s1. The van der Waals surface area contributed by atoms with Crippen LogP contribution in [0.5, 0.6) is 0 Å². The van der Waals surface area contributed by atoms with Crippen LogP contribution in [0, 0.1) is 29.1 Å². The fraction of sp³-hybridized carbons (Fsp3) is 0.594. The number of hydrogen-bond donors (Lipinski definition) is 1. The summed E-state index contributed by atoms with van der Waals surface area (Å²) in [4.78, 5) is 14.5. The number of anilines is 1. The van der Waals surface area contributed by atoms with Crippen molar-refractivity contribution < 1.29 is 9.90 Å². The van der Waals surface area contributed by atoms with Gasteiger partial charge in [-0.25, -0.2) is 0 Å². The lowest BCUT2D eigenvalue weighted by atomic mass is 9.51. The number of hydrogen-bond acceptors (Lipinski definition) is 3. The van der Waals surface area contributed by atoms with Crippen molar-refractivity contribution in [1.82, 2.24) is 0 Å². The highest BCUT2D eigenvalue weighted by molar-refractivity contribution is 5.93. The number of nitrogens with zero attached hydrogens (tertiary/aromatic N) is 1. The number of carbonyl (C=O) groups is 1. The molecule has 0 radical (unpaired) electrons. The van der Waals surface area contributed by atoms with E-state index in [4.69, 9.17) is 0 Å². The summed E-state index contributed by atoms with van der Waals surface area (Å²) in [5.74, 6) is 8.20. The third-order valence-corrected chi connectivity index (χ3v) is 9.78. The van der Waals surface area contributed by atoms with Crippen LogP contribution in [0.3, 0.4) is 0 Å². The molecular formula is C32H41NO2. The predicted molar refractivity (Wildman–Crippen MR) is 144 cm³/mol. The van der Waals surface area contributed by atoms with Crippen molar-refractivity contribution in [2.45, 2.75) is 90.1 Å². The third-order valence-electron chi connectivity index (χ3n) is 9.78. The third kappa shape index (κ3) is 3.72. The van der Waals surface area contributed by atoms with Crippen molar-refractivity contribution in [3.8, 4) is 11.8 Å². The van der Waals surface area contributed by atoms with Gasteiger partial charge in [0.1, 0.15) is 5.60 Å². The van der Waals surface area contributed by atoms with Gasteiger partial charge in [0.25, 0.3) is 0 Å².